The van der Waals surface area contributed by atoms with Crippen molar-refractivity contribution in [3.05, 3.63) is 64.7 Å². The van der Waals surface area contributed by atoms with Crippen LogP contribution in [0.3, 0.4) is 0 Å². The number of carbonyl (C=O) groups is 4. The first-order valence-corrected chi connectivity index (χ1v) is 20.6. The number of amides is 2. The number of carboxylic acid groups (broad SMARTS) is 2. The Morgan fingerprint density at radius 2 is 1.51 bits per heavy atom. The van der Waals surface area contributed by atoms with Crippen LogP contribution < -0.4 is 15.4 Å². The van der Waals surface area contributed by atoms with E-state index < -0.39 is 11.9 Å². The zero-order valence-corrected chi connectivity index (χ0v) is 33.0. The molecule has 2 aromatic rings. The van der Waals surface area contributed by atoms with Crippen LogP contribution in [0.25, 0.3) is 0 Å². The maximum atomic E-state index is 14.3. The van der Waals surface area contributed by atoms with Crippen LogP contribution in [0, 0.1) is 51.2 Å². The Bertz CT molecular complexity index is 1830. The Morgan fingerprint density at radius 3 is 2.27 bits per heavy atom. The molecule has 10 heteroatoms. The number of carboxylic acids is 2. The van der Waals surface area contributed by atoms with Crippen molar-refractivity contribution < 1.29 is 39.2 Å². The van der Waals surface area contributed by atoms with Gasteiger partial charge in [0.2, 0.25) is 5.91 Å². The third kappa shape index (κ3) is 6.95. The molecule has 5 N–H and O–H groups in total. The molecule has 10 nitrogen and oxygen atoms in total. The van der Waals surface area contributed by atoms with E-state index in [0.717, 1.165) is 50.5 Å². The largest absolute Gasteiger partial charge is 0.492 e. The van der Waals surface area contributed by atoms with Crippen LogP contribution in [-0.4, -0.2) is 51.8 Å². The quantitative estimate of drug-likeness (QED) is 0.157. The van der Waals surface area contributed by atoms with Crippen LogP contribution >= 0.6 is 0 Å². The minimum absolute atomic E-state index is 0.0514. The van der Waals surface area contributed by atoms with Crippen molar-refractivity contribution in [2.45, 2.75) is 124 Å². The lowest BCUT2D eigenvalue weighted by atomic mass is 9.36. The molecule has 7 rings (SSSR count). The minimum Gasteiger partial charge on any atom is -0.492 e. The number of aromatic carboxylic acids is 1. The molecule has 2 amide bonds. The average molecular weight is 757 g/mol. The van der Waals surface area contributed by atoms with E-state index in [2.05, 4.69) is 38.3 Å². The zero-order chi connectivity index (χ0) is 39.3. The summed E-state index contributed by atoms with van der Waals surface area (Å²) < 4.78 is 5.36. The third-order valence-electron chi connectivity index (χ3n) is 15.9. The van der Waals surface area contributed by atoms with Crippen molar-refractivity contribution in [3.8, 4) is 5.75 Å². The fourth-order valence-electron chi connectivity index (χ4n) is 13.3. The van der Waals surface area contributed by atoms with Crippen molar-refractivity contribution in [3.63, 3.8) is 0 Å². The van der Waals surface area contributed by atoms with E-state index in [1.165, 1.54) is 37.8 Å². The molecule has 0 bridgehead atoms. The zero-order valence-electron chi connectivity index (χ0n) is 33.0. The molecule has 0 radical (unpaired) electrons. The smallest absolute Gasteiger partial charge is 0.339 e. The van der Waals surface area contributed by atoms with E-state index in [1.807, 2.05) is 12.1 Å². The van der Waals surface area contributed by atoms with Crippen LogP contribution in [0.15, 0.2) is 42.5 Å². The van der Waals surface area contributed by atoms with Crippen molar-refractivity contribution in [1.82, 2.24) is 10.6 Å². The summed E-state index contributed by atoms with van der Waals surface area (Å²) in [5.41, 5.74) is 1.88. The first-order chi connectivity index (χ1) is 26.1. The number of carbonyl (C=O) groups excluding carboxylic acids is 2. The molecule has 55 heavy (non-hydrogen) atoms. The molecular weight excluding hydrogens is 697 g/mol. The SMILES string of the molecule is CC1(C)C(O)CCC2(C)C1CCC1(C)C3CCC4(C(=O)NCc5cccc(C(=O)NCc6ccc(OCCC(=O)O)c(C(=O)O)c6)c5)CCCC4C3CCC12. The van der Waals surface area contributed by atoms with Crippen LogP contribution in [0.4, 0.5) is 0 Å². The van der Waals surface area contributed by atoms with E-state index in [9.17, 15) is 29.4 Å². The molecule has 2 aromatic carbocycles. The highest BCUT2D eigenvalue weighted by molar-refractivity contribution is 5.94. The third-order valence-corrected chi connectivity index (χ3v) is 15.9. The Labute approximate surface area is 325 Å². The number of nitrogens with one attached hydrogen (secondary N) is 2. The Kier molecular flexibility index (Phi) is 10.6. The monoisotopic (exact) mass is 756 g/mol. The summed E-state index contributed by atoms with van der Waals surface area (Å²) >= 11 is 0. The molecule has 5 fully saturated rings. The maximum Gasteiger partial charge on any atom is 0.339 e. The standard InChI is InChI=1S/C45H60N2O8/c1-42(2)35-15-19-43(3)32-14-21-45(18-6-9-33(45)30(32)11-13-36(43)44(35,4)20-16-37(42)48)41(54)47-26-27-7-5-8-29(23-27)39(51)46-25-28-10-12-34(31(24-28)40(52)53)55-22-17-38(49)50/h5,7-8,10,12,23-24,30,32-33,35-37,48H,6,9,11,13-22,25-26H2,1-4H3,(H,46,51)(H,47,54)(H,49,50)(H,52,53). The topological polar surface area (TPSA) is 162 Å². The summed E-state index contributed by atoms with van der Waals surface area (Å²) in [5, 5.41) is 35.7. The summed E-state index contributed by atoms with van der Waals surface area (Å²) in [6, 6.07) is 11.8. The fraction of sp³-hybridized carbons (Fsp3) is 0.644. The predicted octanol–water partition coefficient (Wildman–Crippen LogP) is 7.61. The molecule has 5 aliphatic carbocycles. The summed E-state index contributed by atoms with van der Waals surface area (Å²) in [7, 11) is 0. The highest BCUT2D eigenvalue weighted by Crippen LogP contribution is 2.73. The number of hydrogen-bond acceptors (Lipinski definition) is 6. The highest BCUT2D eigenvalue weighted by atomic mass is 16.5. The van der Waals surface area contributed by atoms with Gasteiger partial charge in [0, 0.05) is 18.7 Å². The lowest BCUT2D eigenvalue weighted by molar-refractivity contribution is -0.214. The normalized spacial score (nSPS) is 34.6. The van der Waals surface area contributed by atoms with E-state index in [1.54, 1.807) is 18.2 Å². The lowest BCUT2D eigenvalue weighted by Gasteiger charge is -2.69. The van der Waals surface area contributed by atoms with Gasteiger partial charge in [0.1, 0.15) is 11.3 Å². The molecular formula is C45H60N2O8. The van der Waals surface area contributed by atoms with Gasteiger partial charge in [-0.3, -0.25) is 14.4 Å². The maximum absolute atomic E-state index is 14.3. The number of benzene rings is 2. The van der Waals surface area contributed by atoms with Crippen molar-refractivity contribution >= 4 is 23.8 Å². The summed E-state index contributed by atoms with van der Waals surface area (Å²) in [6.45, 7) is 10.0. The second-order valence-corrected chi connectivity index (χ2v) is 18.8. The van der Waals surface area contributed by atoms with Gasteiger partial charge in [0.15, 0.2) is 0 Å². The molecule has 9 atom stereocenters. The van der Waals surface area contributed by atoms with Gasteiger partial charge in [-0.1, -0.05) is 52.3 Å². The van der Waals surface area contributed by atoms with Gasteiger partial charge in [-0.15, -0.1) is 0 Å². The molecule has 0 heterocycles. The number of aliphatic carboxylic acids is 1. The average Bonchev–Trinajstić information content (AvgIpc) is 3.61. The number of fused-ring (bicyclic) bond motifs is 7. The molecule has 5 saturated carbocycles. The molecule has 0 aromatic heterocycles. The van der Waals surface area contributed by atoms with E-state index in [-0.39, 0.29) is 70.5 Å². The van der Waals surface area contributed by atoms with Crippen LogP contribution in [0.2, 0.25) is 0 Å². The lowest BCUT2D eigenvalue weighted by Crippen LogP contribution is -2.63. The summed E-state index contributed by atoms with van der Waals surface area (Å²) in [6.07, 6.45) is 11.6. The van der Waals surface area contributed by atoms with Crippen molar-refractivity contribution in [2.75, 3.05) is 6.61 Å². The fourth-order valence-corrected chi connectivity index (χ4v) is 13.3. The predicted molar refractivity (Wildman–Crippen MR) is 207 cm³/mol. The number of rotatable bonds is 11. The van der Waals surface area contributed by atoms with Gasteiger partial charge in [-0.05, 0) is 145 Å². The van der Waals surface area contributed by atoms with Gasteiger partial charge < -0.3 is 30.7 Å². The molecule has 0 saturated heterocycles. The van der Waals surface area contributed by atoms with Gasteiger partial charge in [-0.2, -0.15) is 0 Å². The summed E-state index contributed by atoms with van der Waals surface area (Å²) in [4.78, 5) is 50.2. The second-order valence-electron chi connectivity index (χ2n) is 18.8. The number of aliphatic hydroxyl groups is 1. The van der Waals surface area contributed by atoms with Crippen LogP contribution in [-0.2, 0) is 22.7 Å². The molecule has 0 spiro atoms. The number of hydrogen-bond donors (Lipinski definition) is 5. The highest BCUT2D eigenvalue weighted by Gasteiger charge is 2.67. The molecule has 298 valence electrons. The van der Waals surface area contributed by atoms with Crippen LogP contribution in [0.5, 0.6) is 5.75 Å². The van der Waals surface area contributed by atoms with Crippen molar-refractivity contribution in [1.29, 1.82) is 0 Å². The molecule has 5 aliphatic rings. The number of ether oxygens (including phenoxy) is 1. The Hall–Kier alpha value is -3.92. The van der Waals surface area contributed by atoms with Gasteiger partial charge in [-0.25, -0.2) is 4.79 Å². The molecule has 9 unspecified atom stereocenters. The summed E-state index contributed by atoms with van der Waals surface area (Å²) in [5.74, 6) is 0.492. The van der Waals surface area contributed by atoms with E-state index in [0.29, 0.717) is 47.3 Å². The number of aliphatic hydroxyl groups excluding tert-OH is 1. The minimum atomic E-state index is -1.21. The first kappa shape index (κ1) is 39.3. The van der Waals surface area contributed by atoms with E-state index >= 15 is 0 Å². The Balaban J connectivity index is 0.975. The van der Waals surface area contributed by atoms with Gasteiger partial charge >= 0.3 is 11.9 Å². The van der Waals surface area contributed by atoms with Gasteiger partial charge in [0.25, 0.3) is 5.91 Å². The van der Waals surface area contributed by atoms with Gasteiger partial charge in [0.05, 0.1) is 24.5 Å². The Morgan fingerprint density at radius 1 is 0.764 bits per heavy atom. The molecule has 0 aliphatic heterocycles. The van der Waals surface area contributed by atoms with Crippen LogP contribution in [0.1, 0.15) is 137 Å². The second kappa shape index (κ2) is 14.9. The first-order valence-electron chi connectivity index (χ1n) is 20.6. The van der Waals surface area contributed by atoms with Crippen molar-refractivity contribution in [2.24, 2.45) is 51.2 Å². The van der Waals surface area contributed by atoms with E-state index in [4.69, 9.17) is 9.84 Å².